The Balaban J connectivity index is 1.86. The monoisotopic (exact) mass is 379 g/mol. The Bertz CT molecular complexity index is 660. The molecule has 2 atom stereocenters. The Morgan fingerprint density at radius 2 is 1.87 bits per heavy atom. The van der Waals surface area contributed by atoms with Gasteiger partial charge in [-0.1, -0.05) is 46.3 Å². The van der Waals surface area contributed by atoms with Crippen molar-refractivity contribution in [3.63, 3.8) is 0 Å². The van der Waals surface area contributed by atoms with Crippen LogP contribution in [0.15, 0.2) is 53.0 Å². The van der Waals surface area contributed by atoms with Crippen molar-refractivity contribution in [3.05, 3.63) is 69.9 Å². The van der Waals surface area contributed by atoms with Crippen molar-refractivity contribution in [3.8, 4) is 0 Å². The first-order valence-electron chi connectivity index (χ1n) is 7.55. The molecule has 2 aromatic carbocycles. The predicted octanol–water partition coefficient (Wildman–Crippen LogP) is 2.48. The predicted molar refractivity (Wildman–Crippen MR) is 92.6 cm³/mol. The van der Waals surface area contributed by atoms with E-state index >= 15 is 0 Å². The van der Waals surface area contributed by atoms with E-state index in [1.54, 1.807) is 12.1 Å². The van der Waals surface area contributed by atoms with Crippen LogP contribution in [0.5, 0.6) is 0 Å². The first-order chi connectivity index (χ1) is 11.0. The third-order valence-corrected chi connectivity index (χ3v) is 4.35. The molecule has 0 aliphatic carbocycles. The molecule has 0 bridgehead atoms. The maximum Gasteiger partial charge on any atom is 0.275 e. The number of hydrogen-bond donors (Lipinski definition) is 2. The zero-order valence-electron chi connectivity index (χ0n) is 13.3. The lowest BCUT2D eigenvalue weighted by Crippen LogP contribution is -3.08. The molecule has 5 heteroatoms. The number of likely N-dealkylation sites (N-methyl/N-ethyl adjacent to an activating group) is 1. The molecule has 3 nitrogen and oxygen atoms in total. The van der Waals surface area contributed by atoms with Gasteiger partial charge < -0.3 is 10.2 Å². The summed E-state index contributed by atoms with van der Waals surface area (Å²) in [5.74, 6) is -0.251. The van der Waals surface area contributed by atoms with Gasteiger partial charge in [0, 0.05) is 10.0 Å². The molecule has 0 aliphatic heterocycles. The molecule has 0 aromatic heterocycles. The quantitative estimate of drug-likeness (QED) is 0.794. The molecule has 2 N–H and O–H groups in total. The fourth-order valence-corrected chi connectivity index (χ4v) is 3.11. The molecular formula is C18H21BrFN2O+. The Labute approximate surface area is 144 Å². The van der Waals surface area contributed by atoms with Gasteiger partial charge in [-0.05, 0) is 30.7 Å². The van der Waals surface area contributed by atoms with E-state index in [9.17, 15) is 9.18 Å². The minimum atomic E-state index is -0.244. The van der Waals surface area contributed by atoms with Gasteiger partial charge in [-0.25, -0.2) is 4.39 Å². The summed E-state index contributed by atoms with van der Waals surface area (Å²) in [6.07, 6.45) is 0. The van der Waals surface area contributed by atoms with Crippen LogP contribution in [0.2, 0.25) is 0 Å². The zero-order valence-corrected chi connectivity index (χ0v) is 14.9. The van der Waals surface area contributed by atoms with Crippen LogP contribution in [0, 0.1) is 5.82 Å². The van der Waals surface area contributed by atoms with E-state index in [-0.39, 0.29) is 17.8 Å². The number of rotatable bonds is 6. The van der Waals surface area contributed by atoms with Crippen LogP contribution >= 0.6 is 15.9 Å². The lowest BCUT2D eigenvalue weighted by molar-refractivity contribution is -0.885. The second kappa shape index (κ2) is 8.22. The smallest absolute Gasteiger partial charge is 0.275 e. The van der Waals surface area contributed by atoms with Crippen molar-refractivity contribution in [2.75, 3.05) is 13.6 Å². The lowest BCUT2D eigenvalue weighted by Gasteiger charge is -2.18. The van der Waals surface area contributed by atoms with E-state index < -0.39 is 0 Å². The van der Waals surface area contributed by atoms with Crippen LogP contribution in [0.25, 0.3) is 0 Å². The highest BCUT2D eigenvalue weighted by molar-refractivity contribution is 9.10. The van der Waals surface area contributed by atoms with Crippen molar-refractivity contribution in [2.45, 2.75) is 19.5 Å². The largest absolute Gasteiger partial charge is 0.345 e. The highest BCUT2D eigenvalue weighted by atomic mass is 79.9. The van der Waals surface area contributed by atoms with Crippen LogP contribution in [0.4, 0.5) is 4.39 Å². The van der Waals surface area contributed by atoms with Crippen molar-refractivity contribution in [1.82, 2.24) is 5.32 Å². The topological polar surface area (TPSA) is 33.5 Å². The third-order valence-electron chi connectivity index (χ3n) is 3.63. The Kier molecular flexibility index (Phi) is 6.30. The van der Waals surface area contributed by atoms with Crippen LogP contribution < -0.4 is 10.2 Å². The average molecular weight is 380 g/mol. The molecule has 122 valence electrons. The third kappa shape index (κ3) is 5.44. The number of carbonyl (C=O) groups excluding carboxylic acids is 1. The van der Waals surface area contributed by atoms with Gasteiger partial charge in [-0.15, -0.1) is 0 Å². The van der Waals surface area contributed by atoms with Crippen molar-refractivity contribution in [2.24, 2.45) is 0 Å². The minimum absolute atomic E-state index is 0.00661. The number of carbonyl (C=O) groups is 1. The van der Waals surface area contributed by atoms with Crippen LogP contribution in [0.3, 0.4) is 0 Å². The van der Waals surface area contributed by atoms with Gasteiger partial charge in [0.05, 0.1) is 13.1 Å². The molecule has 0 radical (unpaired) electrons. The van der Waals surface area contributed by atoms with E-state index in [2.05, 4.69) is 21.2 Å². The summed E-state index contributed by atoms with van der Waals surface area (Å²) in [5.41, 5.74) is 2.06. The normalized spacial score (nSPS) is 13.4. The molecular weight excluding hydrogens is 359 g/mol. The number of halogens is 2. The molecule has 0 heterocycles. The lowest BCUT2D eigenvalue weighted by atomic mass is 10.1. The fourth-order valence-electron chi connectivity index (χ4n) is 2.48. The van der Waals surface area contributed by atoms with E-state index in [0.717, 1.165) is 20.5 Å². The van der Waals surface area contributed by atoms with Gasteiger partial charge in [0.1, 0.15) is 12.4 Å². The average Bonchev–Trinajstić information content (AvgIpc) is 2.49. The SMILES string of the molecule is C[C@H](NC(=O)C[NH+](C)Cc1ccc(F)cc1)c1ccccc1Br. The number of quaternary nitrogens is 1. The van der Waals surface area contributed by atoms with E-state index in [1.807, 2.05) is 38.2 Å². The second-order valence-electron chi connectivity index (χ2n) is 5.75. The number of amides is 1. The fraction of sp³-hybridized carbons (Fsp3) is 0.278. The van der Waals surface area contributed by atoms with E-state index in [0.29, 0.717) is 13.1 Å². The number of hydrogen-bond acceptors (Lipinski definition) is 1. The van der Waals surface area contributed by atoms with Crippen LogP contribution in [-0.4, -0.2) is 19.5 Å². The van der Waals surface area contributed by atoms with Crippen molar-refractivity contribution in [1.29, 1.82) is 0 Å². The highest BCUT2D eigenvalue weighted by Gasteiger charge is 2.15. The number of nitrogens with one attached hydrogen (secondary N) is 2. The summed E-state index contributed by atoms with van der Waals surface area (Å²) in [4.78, 5) is 13.2. The van der Waals surface area contributed by atoms with Gasteiger partial charge in [-0.3, -0.25) is 4.79 Å². The highest BCUT2D eigenvalue weighted by Crippen LogP contribution is 2.22. The molecule has 1 amide bonds. The first kappa shape index (κ1) is 17.6. The maximum atomic E-state index is 12.9. The Morgan fingerprint density at radius 1 is 1.22 bits per heavy atom. The molecule has 2 aromatic rings. The summed E-state index contributed by atoms with van der Waals surface area (Å²) >= 11 is 3.50. The maximum absolute atomic E-state index is 12.9. The molecule has 0 fully saturated rings. The second-order valence-corrected chi connectivity index (χ2v) is 6.60. The molecule has 1 unspecified atom stereocenters. The van der Waals surface area contributed by atoms with Crippen molar-refractivity contribution >= 4 is 21.8 Å². The molecule has 23 heavy (non-hydrogen) atoms. The van der Waals surface area contributed by atoms with E-state index in [1.165, 1.54) is 12.1 Å². The summed E-state index contributed by atoms with van der Waals surface area (Å²) in [7, 11) is 1.95. The minimum Gasteiger partial charge on any atom is -0.345 e. The Hall–Kier alpha value is -1.72. The van der Waals surface area contributed by atoms with Gasteiger partial charge in [-0.2, -0.15) is 0 Å². The van der Waals surface area contributed by atoms with E-state index in [4.69, 9.17) is 0 Å². The number of benzene rings is 2. The summed E-state index contributed by atoms with van der Waals surface area (Å²) < 4.78 is 13.9. The summed E-state index contributed by atoms with van der Waals surface area (Å²) in [6.45, 7) is 3.01. The molecule has 0 saturated carbocycles. The summed E-state index contributed by atoms with van der Waals surface area (Å²) in [6, 6.07) is 14.2. The molecule has 0 aliphatic rings. The molecule has 2 rings (SSSR count). The van der Waals surface area contributed by atoms with Gasteiger partial charge in [0.25, 0.3) is 5.91 Å². The van der Waals surface area contributed by atoms with Gasteiger partial charge >= 0.3 is 0 Å². The molecule has 0 saturated heterocycles. The Morgan fingerprint density at radius 3 is 2.52 bits per heavy atom. The van der Waals surface area contributed by atoms with Crippen LogP contribution in [-0.2, 0) is 11.3 Å². The van der Waals surface area contributed by atoms with Crippen molar-refractivity contribution < 1.29 is 14.1 Å². The first-order valence-corrected chi connectivity index (χ1v) is 8.34. The van der Waals surface area contributed by atoms with Gasteiger partial charge in [0.2, 0.25) is 0 Å². The summed E-state index contributed by atoms with van der Waals surface area (Å²) in [5, 5.41) is 3.01. The standard InChI is InChI=1S/C18H20BrFN2O/c1-13(16-5-3-4-6-17(16)19)21-18(23)12-22(2)11-14-7-9-15(20)10-8-14/h3-10,13H,11-12H2,1-2H3,(H,21,23)/p+1/t13-/m0/s1. The zero-order chi connectivity index (χ0) is 16.8. The molecule has 0 spiro atoms. The van der Waals surface area contributed by atoms with Gasteiger partial charge in [0.15, 0.2) is 6.54 Å². The van der Waals surface area contributed by atoms with Crippen LogP contribution in [0.1, 0.15) is 24.1 Å².